The lowest BCUT2D eigenvalue weighted by molar-refractivity contribution is -0.132. The molecule has 1 saturated heterocycles. The zero-order valence-corrected chi connectivity index (χ0v) is 16.0. The smallest absolute Gasteiger partial charge is 0.222 e. The molecule has 0 spiro atoms. The summed E-state index contributed by atoms with van der Waals surface area (Å²) in [5, 5.41) is 0. The van der Waals surface area contributed by atoms with E-state index >= 15 is 0 Å². The van der Waals surface area contributed by atoms with Gasteiger partial charge >= 0.3 is 0 Å². The van der Waals surface area contributed by atoms with Gasteiger partial charge in [-0.25, -0.2) is 4.98 Å². The van der Waals surface area contributed by atoms with Crippen LogP contribution in [0.4, 0.5) is 0 Å². The normalized spacial score (nSPS) is 15.4. The van der Waals surface area contributed by atoms with Gasteiger partial charge in [0.1, 0.15) is 0 Å². The second-order valence-corrected chi connectivity index (χ2v) is 7.69. The lowest BCUT2D eigenvalue weighted by Crippen LogP contribution is -2.39. The van der Waals surface area contributed by atoms with Crippen molar-refractivity contribution in [2.24, 2.45) is 13.0 Å². The molecule has 0 radical (unpaired) electrons. The van der Waals surface area contributed by atoms with Crippen LogP contribution in [-0.2, 0) is 24.7 Å². The molecular formula is C23H27N3O. The molecule has 4 rings (SSSR count). The summed E-state index contributed by atoms with van der Waals surface area (Å²) in [5.74, 6) is 0.988. The fourth-order valence-corrected chi connectivity index (χ4v) is 4.07. The Hall–Kier alpha value is -2.62. The molecule has 1 aliphatic rings. The van der Waals surface area contributed by atoms with Crippen molar-refractivity contribution in [2.75, 3.05) is 13.1 Å². The molecule has 27 heavy (non-hydrogen) atoms. The lowest BCUT2D eigenvalue weighted by atomic mass is 9.90. The number of fused-ring (bicyclic) bond motifs is 1. The summed E-state index contributed by atoms with van der Waals surface area (Å²) in [4.78, 5) is 19.0. The first-order valence-corrected chi connectivity index (χ1v) is 9.91. The van der Waals surface area contributed by atoms with Crippen LogP contribution in [0.5, 0.6) is 0 Å². The topological polar surface area (TPSA) is 38.1 Å². The Morgan fingerprint density at radius 2 is 1.85 bits per heavy atom. The fourth-order valence-electron chi connectivity index (χ4n) is 4.07. The van der Waals surface area contributed by atoms with Crippen LogP contribution < -0.4 is 0 Å². The molecule has 1 aliphatic heterocycles. The Balaban J connectivity index is 1.27. The van der Waals surface area contributed by atoms with E-state index in [1.807, 2.05) is 24.0 Å². The van der Waals surface area contributed by atoms with Gasteiger partial charge in [0.05, 0.1) is 17.4 Å². The zero-order valence-electron chi connectivity index (χ0n) is 16.0. The Bertz CT molecular complexity index is 908. The van der Waals surface area contributed by atoms with Crippen LogP contribution in [0.1, 0.15) is 30.4 Å². The summed E-state index contributed by atoms with van der Waals surface area (Å²) < 4.78 is 2.03. The molecule has 1 amide bonds. The van der Waals surface area contributed by atoms with E-state index in [4.69, 9.17) is 0 Å². The van der Waals surface area contributed by atoms with Crippen molar-refractivity contribution in [1.82, 2.24) is 14.5 Å². The van der Waals surface area contributed by atoms with Gasteiger partial charge in [0, 0.05) is 26.6 Å². The molecule has 4 heteroatoms. The molecule has 0 bridgehead atoms. The van der Waals surface area contributed by atoms with E-state index in [0.29, 0.717) is 18.2 Å². The summed E-state index contributed by atoms with van der Waals surface area (Å²) in [5.41, 5.74) is 4.75. The number of likely N-dealkylation sites (tertiary alicyclic amines) is 1. The standard InChI is InChI=1S/C23H27N3O/c1-25-17-24-21-9-7-19(16-22(21)25)8-10-23(27)26-13-11-20(12-14-26)15-18-5-3-2-4-6-18/h2-7,9,16-17,20H,8,10-15H2,1H3. The predicted molar refractivity (Wildman–Crippen MR) is 108 cm³/mol. The largest absolute Gasteiger partial charge is 0.343 e. The van der Waals surface area contributed by atoms with Gasteiger partial charge in [0.25, 0.3) is 0 Å². The van der Waals surface area contributed by atoms with Crippen molar-refractivity contribution >= 4 is 16.9 Å². The lowest BCUT2D eigenvalue weighted by Gasteiger charge is -2.32. The number of carbonyl (C=O) groups excluding carboxylic acids is 1. The molecule has 3 aromatic rings. The third-order valence-corrected chi connectivity index (χ3v) is 5.75. The Morgan fingerprint density at radius 1 is 1.07 bits per heavy atom. The summed E-state index contributed by atoms with van der Waals surface area (Å²) >= 11 is 0. The highest BCUT2D eigenvalue weighted by Crippen LogP contribution is 2.22. The van der Waals surface area contributed by atoms with Crippen LogP contribution in [0.15, 0.2) is 54.9 Å². The SMILES string of the molecule is Cn1cnc2ccc(CCC(=O)N3CCC(Cc4ccccc4)CC3)cc21. The third kappa shape index (κ3) is 4.21. The Labute approximate surface area is 160 Å². The van der Waals surface area contributed by atoms with Crippen LogP contribution >= 0.6 is 0 Å². The van der Waals surface area contributed by atoms with Crippen LogP contribution in [0, 0.1) is 5.92 Å². The fraction of sp³-hybridized carbons (Fsp3) is 0.391. The van der Waals surface area contributed by atoms with E-state index in [1.54, 1.807) is 0 Å². The van der Waals surface area contributed by atoms with Crippen molar-refractivity contribution in [2.45, 2.75) is 32.1 Å². The van der Waals surface area contributed by atoms with E-state index in [-0.39, 0.29) is 0 Å². The summed E-state index contributed by atoms with van der Waals surface area (Å²) in [6.45, 7) is 1.80. The maximum absolute atomic E-state index is 12.6. The van der Waals surface area contributed by atoms with Gasteiger partial charge < -0.3 is 9.47 Å². The first-order chi connectivity index (χ1) is 13.2. The van der Waals surface area contributed by atoms with E-state index < -0.39 is 0 Å². The number of nitrogens with zero attached hydrogens (tertiary/aromatic N) is 3. The van der Waals surface area contributed by atoms with Gasteiger partial charge in [-0.2, -0.15) is 0 Å². The number of imidazole rings is 1. The van der Waals surface area contributed by atoms with Gasteiger partial charge in [0.15, 0.2) is 0 Å². The molecule has 0 N–H and O–H groups in total. The van der Waals surface area contributed by atoms with E-state index in [9.17, 15) is 4.79 Å². The van der Waals surface area contributed by atoms with Crippen LogP contribution in [0.2, 0.25) is 0 Å². The first-order valence-electron chi connectivity index (χ1n) is 9.91. The number of aryl methyl sites for hydroxylation is 2. The average Bonchev–Trinajstić information content (AvgIpc) is 3.08. The first kappa shape index (κ1) is 17.8. The number of rotatable bonds is 5. The molecule has 4 nitrogen and oxygen atoms in total. The number of aromatic nitrogens is 2. The quantitative estimate of drug-likeness (QED) is 0.689. The maximum Gasteiger partial charge on any atom is 0.222 e. The molecule has 140 valence electrons. The van der Waals surface area contributed by atoms with Crippen LogP contribution in [0.3, 0.4) is 0 Å². The Kier molecular flexibility index (Phi) is 5.23. The van der Waals surface area contributed by atoms with Gasteiger partial charge in [0.2, 0.25) is 5.91 Å². The molecular weight excluding hydrogens is 334 g/mol. The number of amides is 1. The summed E-state index contributed by atoms with van der Waals surface area (Å²) in [6.07, 6.45) is 6.58. The molecule has 2 heterocycles. The highest BCUT2D eigenvalue weighted by Gasteiger charge is 2.22. The van der Waals surface area contributed by atoms with E-state index in [2.05, 4.69) is 52.3 Å². The average molecular weight is 361 g/mol. The third-order valence-electron chi connectivity index (χ3n) is 5.75. The number of hydrogen-bond acceptors (Lipinski definition) is 2. The second-order valence-electron chi connectivity index (χ2n) is 7.69. The minimum absolute atomic E-state index is 0.290. The zero-order chi connectivity index (χ0) is 18.6. The van der Waals surface area contributed by atoms with Crippen molar-refractivity contribution < 1.29 is 4.79 Å². The van der Waals surface area contributed by atoms with Crippen molar-refractivity contribution in [3.05, 3.63) is 66.0 Å². The van der Waals surface area contributed by atoms with Gasteiger partial charge in [-0.05, 0) is 54.9 Å². The van der Waals surface area contributed by atoms with Crippen molar-refractivity contribution in [3.8, 4) is 0 Å². The van der Waals surface area contributed by atoms with E-state index in [0.717, 1.165) is 49.8 Å². The van der Waals surface area contributed by atoms with E-state index in [1.165, 1.54) is 11.1 Å². The molecule has 2 aromatic carbocycles. The summed E-state index contributed by atoms with van der Waals surface area (Å²) in [7, 11) is 2.00. The predicted octanol–water partition coefficient (Wildman–Crippen LogP) is 3.99. The second kappa shape index (κ2) is 7.95. The van der Waals surface area contributed by atoms with Crippen LogP contribution in [0.25, 0.3) is 11.0 Å². The molecule has 0 unspecified atom stereocenters. The molecule has 0 aliphatic carbocycles. The minimum Gasteiger partial charge on any atom is -0.343 e. The molecule has 0 atom stereocenters. The van der Waals surface area contributed by atoms with Crippen molar-refractivity contribution in [1.29, 1.82) is 0 Å². The summed E-state index contributed by atoms with van der Waals surface area (Å²) in [6, 6.07) is 17.0. The number of benzene rings is 2. The maximum atomic E-state index is 12.6. The minimum atomic E-state index is 0.290. The highest BCUT2D eigenvalue weighted by molar-refractivity contribution is 5.78. The van der Waals surface area contributed by atoms with Crippen LogP contribution in [-0.4, -0.2) is 33.4 Å². The number of carbonyl (C=O) groups is 1. The molecule has 1 fully saturated rings. The Morgan fingerprint density at radius 3 is 2.63 bits per heavy atom. The monoisotopic (exact) mass is 361 g/mol. The highest BCUT2D eigenvalue weighted by atomic mass is 16.2. The van der Waals surface area contributed by atoms with Gasteiger partial charge in [-0.15, -0.1) is 0 Å². The molecule has 1 aromatic heterocycles. The van der Waals surface area contributed by atoms with Gasteiger partial charge in [-0.3, -0.25) is 4.79 Å². The number of hydrogen-bond donors (Lipinski definition) is 0. The number of piperidine rings is 1. The van der Waals surface area contributed by atoms with Gasteiger partial charge in [-0.1, -0.05) is 36.4 Å². The molecule has 0 saturated carbocycles. The van der Waals surface area contributed by atoms with Crippen molar-refractivity contribution in [3.63, 3.8) is 0 Å².